The van der Waals surface area contributed by atoms with Gasteiger partial charge >= 0.3 is 0 Å². The van der Waals surface area contributed by atoms with Crippen LogP contribution in [0.4, 0.5) is 0 Å². The van der Waals surface area contributed by atoms with Crippen LogP contribution in [0.15, 0.2) is 48.5 Å². The highest BCUT2D eigenvalue weighted by molar-refractivity contribution is 5.91. The molecular formula is C28H36N4O4. The molecule has 36 heavy (non-hydrogen) atoms. The van der Waals surface area contributed by atoms with Gasteiger partial charge in [0.15, 0.2) is 11.5 Å². The van der Waals surface area contributed by atoms with Gasteiger partial charge in [-0.2, -0.15) is 0 Å². The van der Waals surface area contributed by atoms with E-state index in [9.17, 15) is 14.7 Å². The Morgan fingerprint density at radius 1 is 0.861 bits per heavy atom. The Bertz CT molecular complexity index is 1050. The Kier molecular flexibility index (Phi) is 9.35. The number of nitrogens with zero attached hydrogens (tertiary/aromatic N) is 1. The molecule has 2 aromatic rings. The Balaban J connectivity index is 1.66. The highest BCUT2D eigenvalue weighted by atomic mass is 16.5. The van der Waals surface area contributed by atoms with Crippen LogP contribution in [0.1, 0.15) is 49.3 Å². The van der Waals surface area contributed by atoms with E-state index in [2.05, 4.69) is 16.0 Å². The summed E-state index contributed by atoms with van der Waals surface area (Å²) in [5, 5.41) is 20.4. The molecule has 1 atom stereocenters. The zero-order chi connectivity index (χ0) is 25.2. The van der Waals surface area contributed by atoms with Crippen LogP contribution >= 0.6 is 0 Å². The number of carbonyl (C=O) groups is 2. The third-order valence-corrected chi connectivity index (χ3v) is 6.49. The molecule has 3 heterocycles. The second-order valence-corrected chi connectivity index (χ2v) is 9.28. The van der Waals surface area contributed by atoms with Crippen LogP contribution in [-0.2, 0) is 9.59 Å². The fourth-order valence-electron chi connectivity index (χ4n) is 4.45. The van der Waals surface area contributed by atoms with Crippen LogP contribution in [0.3, 0.4) is 0 Å². The second kappa shape index (κ2) is 13.1. The van der Waals surface area contributed by atoms with E-state index in [0.717, 1.165) is 50.0 Å². The van der Waals surface area contributed by atoms with Crippen molar-refractivity contribution >= 4 is 17.9 Å². The number of ether oxygens (including phenoxy) is 1. The minimum atomic E-state index is -0.129. The molecule has 1 saturated heterocycles. The van der Waals surface area contributed by atoms with E-state index in [-0.39, 0.29) is 23.6 Å². The lowest BCUT2D eigenvalue weighted by atomic mass is 10.0. The van der Waals surface area contributed by atoms with Crippen LogP contribution in [0.5, 0.6) is 17.2 Å². The topological polar surface area (TPSA) is 103 Å². The number of amides is 2. The van der Waals surface area contributed by atoms with Gasteiger partial charge in [0.2, 0.25) is 11.8 Å². The number of fused-ring (bicyclic) bond motifs is 3. The molecule has 8 nitrogen and oxygen atoms in total. The van der Waals surface area contributed by atoms with E-state index >= 15 is 0 Å². The lowest BCUT2D eigenvalue weighted by Crippen LogP contribution is -2.35. The van der Waals surface area contributed by atoms with Gasteiger partial charge < -0.3 is 30.7 Å². The molecule has 5 rings (SSSR count). The minimum Gasteiger partial charge on any atom is -0.504 e. The zero-order valence-corrected chi connectivity index (χ0v) is 20.7. The van der Waals surface area contributed by atoms with Gasteiger partial charge in [-0.05, 0) is 86.8 Å². The van der Waals surface area contributed by atoms with Crippen LogP contribution in [-0.4, -0.2) is 61.1 Å². The van der Waals surface area contributed by atoms with Crippen molar-refractivity contribution in [2.45, 2.75) is 38.1 Å². The van der Waals surface area contributed by atoms with Crippen molar-refractivity contribution in [1.29, 1.82) is 0 Å². The molecule has 0 unspecified atom stereocenters. The fourth-order valence-corrected chi connectivity index (χ4v) is 4.45. The van der Waals surface area contributed by atoms with Gasteiger partial charge in [-0.1, -0.05) is 18.2 Å². The number of hydrogen-bond acceptors (Lipinski definition) is 6. The molecule has 6 bridgehead atoms. The smallest absolute Gasteiger partial charge is 0.246 e. The number of nitrogens with one attached hydrogen (secondary N) is 3. The van der Waals surface area contributed by atoms with Gasteiger partial charge in [-0.15, -0.1) is 0 Å². The summed E-state index contributed by atoms with van der Waals surface area (Å²) in [5.41, 5.74) is 1.76. The first-order valence-electron chi connectivity index (χ1n) is 12.9. The monoisotopic (exact) mass is 492 g/mol. The number of phenols is 1. The van der Waals surface area contributed by atoms with Crippen molar-refractivity contribution in [3.05, 3.63) is 59.7 Å². The molecule has 0 aliphatic carbocycles. The standard InChI is InChI=1S/C28H36N4O4/c33-25-11-5-21-6-12-28(35)32-17-2-1-13-29-14-3-15-30-24(20-27(34)31-16-4-18-32)22-7-9-23(10-8-22)36-26(25)19-21/h5-12,19,24,29-30,33H,1-4,13-18,20H2,(H,31,34)/b12-6-/t24-/m0/s1. The van der Waals surface area contributed by atoms with Gasteiger partial charge in [0.05, 0.1) is 0 Å². The Morgan fingerprint density at radius 2 is 1.67 bits per heavy atom. The Hall–Kier alpha value is -3.36. The maximum Gasteiger partial charge on any atom is 0.246 e. The van der Waals surface area contributed by atoms with Crippen molar-refractivity contribution in [2.24, 2.45) is 0 Å². The molecule has 3 aliphatic heterocycles. The molecular weight excluding hydrogens is 456 g/mol. The molecule has 2 aromatic carbocycles. The Morgan fingerprint density at radius 3 is 2.53 bits per heavy atom. The molecule has 0 aromatic heterocycles. The van der Waals surface area contributed by atoms with Crippen molar-refractivity contribution in [1.82, 2.24) is 20.9 Å². The molecule has 8 heteroatoms. The number of hydrogen-bond donors (Lipinski definition) is 4. The van der Waals surface area contributed by atoms with E-state index in [1.807, 2.05) is 29.2 Å². The minimum absolute atomic E-state index is 0.0214. The van der Waals surface area contributed by atoms with Gasteiger partial charge in [0, 0.05) is 38.2 Å². The van der Waals surface area contributed by atoms with Crippen molar-refractivity contribution in [3.8, 4) is 17.2 Å². The van der Waals surface area contributed by atoms with Gasteiger partial charge in [0.25, 0.3) is 0 Å². The van der Waals surface area contributed by atoms with Crippen LogP contribution in [0, 0.1) is 0 Å². The maximum atomic E-state index is 13.0. The van der Waals surface area contributed by atoms with Crippen molar-refractivity contribution in [3.63, 3.8) is 0 Å². The second-order valence-electron chi connectivity index (χ2n) is 9.28. The number of benzene rings is 2. The fraction of sp³-hybridized carbons (Fsp3) is 0.429. The van der Waals surface area contributed by atoms with E-state index in [1.165, 1.54) is 0 Å². The summed E-state index contributed by atoms with van der Waals surface area (Å²) in [6.07, 6.45) is 7.16. The summed E-state index contributed by atoms with van der Waals surface area (Å²) in [7, 11) is 0. The first-order chi connectivity index (χ1) is 17.6. The van der Waals surface area contributed by atoms with E-state index < -0.39 is 0 Å². The van der Waals surface area contributed by atoms with E-state index in [4.69, 9.17) is 4.74 Å². The van der Waals surface area contributed by atoms with Crippen molar-refractivity contribution in [2.75, 3.05) is 39.3 Å². The van der Waals surface area contributed by atoms with Crippen LogP contribution < -0.4 is 20.7 Å². The summed E-state index contributed by atoms with van der Waals surface area (Å²) in [4.78, 5) is 27.6. The number of rotatable bonds is 0. The SMILES string of the molecule is O=C1C[C@@H]2NCCCNCCCCN(CCCN1)C(=O)/C=C\c1ccc(O)c(c1)Oc1ccc2cc1. The summed E-state index contributed by atoms with van der Waals surface area (Å²) in [6, 6.07) is 12.5. The highest BCUT2D eigenvalue weighted by Gasteiger charge is 2.17. The average molecular weight is 493 g/mol. The molecule has 192 valence electrons. The van der Waals surface area contributed by atoms with E-state index in [0.29, 0.717) is 44.0 Å². The molecule has 3 aliphatic rings. The van der Waals surface area contributed by atoms with Gasteiger partial charge in [-0.25, -0.2) is 0 Å². The first kappa shape index (κ1) is 25.7. The maximum absolute atomic E-state index is 13.0. The van der Waals surface area contributed by atoms with Gasteiger partial charge in [-0.3, -0.25) is 9.59 Å². The quantitative estimate of drug-likeness (QED) is 0.450. The Labute approximate surface area is 212 Å². The third-order valence-electron chi connectivity index (χ3n) is 6.49. The average Bonchev–Trinajstić information content (AvgIpc) is 2.88. The molecule has 0 radical (unpaired) electrons. The molecule has 0 saturated carbocycles. The highest BCUT2D eigenvalue weighted by Crippen LogP contribution is 2.32. The summed E-state index contributed by atoms with van der Waals surface area (Å²) >= 11 is 0. The predicted octanol–water partition coefficient (Wildman–Crippen LogP) is 3.34. The summed E-state index contributed by atoms with van der Waals surface area (Å²) in [5.74, 6) is 0.821. The number of phenolic OH excluding ortho intramolecular Hbond substituents is 1. The zero-order valence-electron chi connectivity index (χ0n) is 20.7. The molecule has 2 amide bonds. The summed E-state index contributed by atoms with van der Waals surface area (Å²) in [6.45, 7) is 4.36. The lowest BCUT2D eigenvalue weighted by Gasteiger charge is -2.22. The largest absolute Gasteiger partial charge is 0.504 e. The predicted molar refractivity (Wildman–Crippen MR) is 140 cm³/mol. The number of carbonyl (C=O) groups excluding carboxylic acids is 2. The third kappa shape index (κ3) is 7.57. The summed E-state index contributed by atoms with van der Waals surface area (Å²) < 4.78 is 5.94. The lowest BCUT2D eigenvalue weighted by molar-refractivity contribution is -0.126. The number of aromatic hydroxyl groups is 1. The molecule has 4 N–H and O–H groups in total. The molecule has 0 spiro atoms. The first-order valence-corrected chi connectivity index (χ1v) is 12.9. The van der Waals surface area contributed by atoms with Crippen LogP contribution in [0.2, 0.25) is 0 Å². The molecule has 1 fully saturated rings. The van der Waals surface area contributed by atoms with Crippen LogP contribution in [0.25, 0.3) is 6.08 Å². The van der Waals surface area contributed by atoms with Gasteiger partial charge in [0.1, 0.15) is 5.75 Å². The van der Waals surface area contributed by atoms with Crippen molar-refractivity contribution < 1.29 is 19.4 Å². The normalized spacial score (nSPS) is 21.6. The van der Waals surface area contributed by atoms with E-state index in [1.54, 1.807) is 30.4 Å².